The van der Waals surface area contributed by atoms with Gasteiger partial charge in [0.1, 0.15) is 5.82 Å². The number of amides is 1. The van der Waals surface area contributed by atoms with Crippen LogP contribution in [0.4, 0.5) is 5.82 Å². The summed E-state index contributed by atoms with van der Waals surface area (Å²) in [6, 6.07) is 8.22. The van der Waals surface area contributed by atoms with Crippen molar-refractivity contribution in [3.8, 4) is 0 Å². The molecular formula is C21H30N4O2S. The maximum absolute atomic E-state index is 12.6. The van der Waals surface area contributed by atoms with Gasteiger partial charge >= 0.3 is 0 Å². The smallest absolute Gasteiger partial charge is 0.223 e. The summed E-state index contributed by atoms with van der Waals surface area (Å²) < 4.78 is 11.1. The minimum atomic E-state index is 0.167. The molecule has 0 spiro atoms. The third-order valence-corrected chi connectivity index (χ3v) is 6.69. The van der Waals surface area contributed by atoms with E-state index >= 15 is 0 Å². The van der Waals surface area contributed by atoms with Crippen LogP contribution in [0.5, 0.6) is 0 Å². The fraction of sp³-hybridized carbons (Fsp3) is 0.619. The van der Waals surface area contributed by atoms with E-state index in [1.807, 2.05) is 12.1 Å². The lowest BCUT2D eigenvalue weighted by atomic mass is 9.80. The second-order valence-electron chi connectivity index (χ2n) is 7.89. The molecule has 1 amide bonds. The van der Waals surface area contributed by atoms with Crippen LogP contribution in [0.25, 0.3) is 10.1 Å². The first-order valence-corrected chi connectivity index (χ1v) is 11.2. The molecule has 2 fully saturated rings. The molecule has 2 unspecified atom stereocenters. The molecular weight excluding hydrogens is 372 g/mol. The fourth-order valence-electron chi connectivity index (χ4n) is 4.37. The van der Waals surface area contributed by atoms with E-state index in [0.717, 1.165) is 63.3 Å². The Labute approximate surface area is 170 Å². The maximum atomic E-state index is 12.6. The standard InChI is InChI=1S/C21H30N4O2S/c26-21(17-5-3-4-16(14-17)15-25-10-12-27-13-11-25)23-9-8-22-20-18-6-1-2-7-19(18)28-24-20/h1-2,6-7,16-17H,3-5,8-15H2,(H,22,24)(H,23,26). The summed E-state index contributed by atoms with van der Waals surface area (Å²) in [5.41, 5.74) is 0. The molecule has 2 atom stereocenters. The van der Waals surface area contributed by atoms with E-state index in [1.54, 1.807) is 0 Å². The highest BCUT2D eigenvalue weighted by atomic mass is 32.1. The zero-order chi connectivity index (χ0) is 19.2. The number of carbonyl (C=O) groups excluding carboxylic acids is 1. The quantitative estimate of drug-likeness (QED) is 0.697. The largest absolute Gasteiger partial charge is 0.379 e. The molecule has 0 radical (unpaired) electrons. The SMILES string of the molecule is O=C(NCCNc1nsc2ccccc12)C1CCCC(CN2CCOCC2)C1. The molecule has 2 heterocycles. The van der Waals surface area contributed by atoms with Gasteiger partial charge in [-0.05, 0) is 48.8 Å². The van der Waals surface area contributed by atoms with Gasteiger partial charge in [0.25, 0.3) is 0 Å². The van der Waals surface area contributed by atoms with E-state index in [0.29, 0.717) is 19.0 Å². The van der Waals surface area contributed by atoms with Crippen LogP contribution in [-0.2, 0) is 9.53 Å². The Morgan fingerprint density at radius 1 is 1.21 bits per heavy atom. The molecule has 1 aromatic heterocycles. The van der Waals surface area contributed by atoms with E-state index < -0.39 is 0 Å². The van der Waals surface area contributed by atoms with Crippen molar-refractivity contribution in [1.29, 1.82) is 0 Å². The second kappa shape index (κ2) is 9.67. The molecule has 2 aliphatic rings. The molecule has 4 rings (SSSR count). The molecule has 1 aliphatic carbocycles. The number of nitrogens with zero attached hydrogens (tertiary/aromatic N) is 2. The first-order chi connectivity index (χ1) is 13.8. The molecule has 1 saturated heterocycles. The van der Waals surface area contributed by atoms with Crippen molar-refractivity contribution in [3.05, 3.63) is 24.3 Å². The summed E-state index contributed by atoms with van der Waals surface area (Å²) in [4.78, 5) is 15.1. The van der Waals surface area contributed by atoms with Crippen LogP contribution in [0.1, 0.15) is 25.7 Å². The molecule has 1 saturated carbocycles. The van der Waals surface area contributed by atoms with Gasteiger partial charge < -0.3 is 15.4 Å². The van der Waals surface area contributed by atoms with Gasteiger partial charge in [0.2, 0.25) is 5.91 Å². The number of hydrogen-bond donors (Lipinski definition) is 2. The third kappa shape index (κ3) is 5.01. The van der Waals surface area contributed by atoms with Crippen molar-refractivity contribution in [2.45, 2.75) is 25.7 Å². The molecule has 0 bridgehead atoms. The molecule has 2 aromatic rings. The maximum Gasteiger partial charge on any atom is 0.223 e. The van der Waals surface area contributed by atoms with Gasteiger partial charge in [-0.3, -0.25) is 9.69 Å². The average molecular weight is 403 g/mol. The zero-order valence-electron chi connectivity index (χ0n) is 16.4. The van der Waals surface area contributed by atoms with Crippen molar-refractivity contribution in [3.63, 3.8) is 0 Å². The lowest BCUT2D eigenvalue weighted by molar-refractivity contribution is -0.126. The molecule has 6 nitrogen and oxygen atoms in total. The molecule has 152 valence electrons. The molecule has 28 heavy (non-hydrogen) atoms. The van der Waals surface area contributed by atoms with Crippen LogP contribution >= 0.6 is 11.5 Å². The van der Waals surface area contributed by atoms with E-state index in [1.165, 1.54) is 22.7 Å². The van der Waals surface area contributed by atoms with E-state index in [2.05, 4.69) is 32.0 Å². The average Bonchev–Trinajstić information content (AvgIpc) is 3.15. The third-order valence-electron chi connectivity index (χ3n) is 5.87. The topological polar surface area (TPSA) is 66.5 Å². The first-order valence-electron chi connectivity index (χ1n) is 10.5. The zero-order valence-corrected chi connectivity index (χ0v) is 17.2. The van der Waals surface area contributed by atoms with Crippen LogP contribution in [0.3, 0.4) is 0 Å². The van der Waals surface area contributed by atoms with Gasteiger partial charge in [0.15, 0.2) is 0 Å². The van der Waals surface area contributed by atoms with Crippen molar-refractivity contribution >= 4 is 33.3 Å². The van der Waals surface area contributed by atoms with Crippen molar-refractivity contribution in [2.75, 3.05) is 51.3 Å². The minimum absolute atomic E-state index is 0.167. The van der Waals surface area contributed by atoms with Crippen LogP contribution in [0.2, 0.25) is 0 Å². The highest BCUT2D eigenvalue weighted by molar-refractivity contribution is 7.13. The number of hydrogen-bond acceptors (Lipinski definition) is 6. The van der Waals surface area contributed by atoms with Crippen molar-refractivity contribution in [1.82, 2.24) is 14.6 Å². The van der Waals surface area contributed by atoms with Gasteiger partial charge in [-0.15, -0.1) is 0 Å². The molecule has 1 aliphatic heterocycles. The first kappa shape index (κ1) is 19.6. The van der Waals surface area contributed by atoms with Gasteiger partial charge in [0.05, 0.1) is 17.9 Å². The lowest BCUT2D eigenvalue weighted by Crippen LogP contribution is -2.42. The van der Waals surface area contributed by atoms with Gasteiger partial charge in [0, 0.05) is 44.0 Å². The van der Waals surface area contributed by atoms with Crippen LogP contribution in [0, 0.1) is 11.8 Å². The summed E-state index contributed by atoms with van der Waals surface area (Å²) >= 11 is 1.50. The van der Waals surface area contributed by atoms with Crippen LogP contribution < -0.4 is 10.6 Å². The Bertz CT molecular complexity index is 775. The van der Waals surface area contributed by atoms with E-state index in [9.17, 15) is 4.79 Å². The Morgan fingerprint density at radius 2 is 2.07 bits per heavy atom. The Balaban J connectivity index is 1.19. The van der Waals surface area contributed by atoms with Crippen LogP contribution in [-0.4, -0.2) is 61.1 Å². The van der Waals surface area contributed by atoms with Crippen molar-refractivity contribution in [2.24, 2.45) is 11.8 Å². The summed E-state index contributed by atoms with van der Waals surface area (Å²) in [6.45, 7) is 6.20. The second-order valence-corrected chi connectivity index (χ2v) is 8.69. The number of ether oxygens (including phenoxy) is 1. The number of carbonyl (C=O) groups is 1. The molecule has 7 heteroatoms. The van der Waals surface area contributed by atoms with E-state index in [-0.39, 0.29) is 11.8 Å². The summed E-state index contributed by atoms with van der Waals surface area (Å²) in [5, 5.41) is 7.63. The number of fused-ring (bicyclic) bond motifs is 1. The monoisotopic (exact) mass is 402 g/mol. The Kier molecular flexibility index (Phi) is 6.77. The van der Waals surface area contributed by atoms with Gasteiger partial charge in [-0.25, -0.2) is 0 Å². The number of aromatic nitrogens is 1. The van der Waals surface area contributed by atoms with Gasteiger partial charge in [-0.2, -0.15) is 4.37 Å². The number of anilines is 1. The van der Waals surface area contributed by atoms with Crippen LogP contribution in [0.15, 0.2) is 24.3 Å². The molecule has 1 aromatic carbocycles. The minimum Gasteiger partial charge on any atom is -0.379 e. The number of benzene rings is 1. The highest BCUT2D eigenvalue weighted by Crippen LogP contribution is 2.30. The summed E-state index contributed by atoms with van der Waals surface area (Å²) in [5.74, 6) is 1.94. The highest BCUT2D eigenvalue weighted by Gasteiger charge is 2.28. The van der Waals surface area contributed by atoms with E-state index in [4.69, 9.17) is 4.74 Å². The Morgan fingerprint density at radius 3 is 2.96 bits per heavy atom. The predicted molar refractivity (Wildman–Crippen MR) is 114 cm³/mol. The fourth-order valence-corrected chi connectivity index (χ4v) is 5.12. The number of nitrogens with one attached hydrogen (secondary N) is 2. The summed E-state index contributed by atoms with van der Waals surface area (Å²) in [7, 11) is 0. The predicted octanol–water partition coefficient (Wildman–Crippen LogP) is 2.96. The van der Waals surface area contributed by atoms with Crippen molar-refractivity contribution < 1.29 is 9.53 Å². The summed E-state index contributed by atoms with van der Waals surface area (Å²) in [6.07, 6.45) is 4.46. The number of rotatable bonds is 7. The normalized spacial score (nSPS) is 23.6. The molecule has 2 N–H and O–H groups in total. The Hall–Kier alpha value is -1.70. The lowest BCUT2D eigenvalue weighted by Gasteiger charge is -2.34. The van der Waals surface area contributed by atoms with Gasteiger partial charge in [-0.1, -0.05) is 18.6 Å². The number of morpholine rings is 1.